The summed E-state index contributed by atoms with van der Waals surface area (Å²) in [6.07, 6.45) is 0. The van der Waals surface area contributed by atoms with Gasteiger partial charge in [-0.1, -0.05) is 6.07 Å². The molecule has 2 aromatic carbocycles. The number of nitrogen functional groups attached to an aromatic ring is 2. The van der Waals surface area contributed by atoms with Gasteiger partial charge in [-0.25, -0.2) is 4.79 Å². The van der Waals surface area contributed by atoms with Crippen LogP contribution in [0.3, 0.4) is 0 Å². The van der Waals surface area contributed by atoms with E-state index in [9.17, 15) is 9.59 Å². The van der Waals surface area contributed by atoms with Gasteiger partial charge in [0.2, 0.25) is 0 Å². The summed E-state index contributed by atoms with van der Waals surface area (Å²) in [5.74, 6) is -1.61. The Bertz CT molecular complexity index is 683. The van der Waals surface area contributed by atoms with E-state index in [4.69, 9.17) is 16.6 Å². The molecule has 0 saturated heterocycles. The topological polar surface area (TPSA) is 118 Å². The molecule has 0 bridgehead atoms. The molecule has 102 valence electrons. The van der Waals surface area contributed by atoms with Crippen molar-refractivity contribution in [1.82, 2.24) is 0 Å². The van der Waals surface area contributed by atoms with Gasteiger partial charge in [0.05, 0.1) is 5.56 Å². The van der Waals surface area contributed by atoms with Crippen LogP contribution in [0.1, 0.15) is 20.7 Å². The SMILES string of the molecule is Nc1cccc(NC(=O)c2ccc(N)c(C(=O)O)c2)c1. The number of amides is 1. The fourth-order valence-corrected chi connectivity index (χ4v) is 1.70. The molecule has 0 aliphatic rings. The molecule has 0 spiro atoms. The lowest BCUT2D eigenvalue weighted by atomic mass is 10.1. The standard InChI is InChI=1S/C14H13N3O3/c15-9-2-1-3-10(7-9)17-13(18)8-4-5-12(16)11(6-8)14(19)20/h1-7H,15-16H2,(H,17,18)(H,19,20). The molecule has 0 unspecified atom stereocenters. The van der Waals surface area contributed by atoms with Crippen LogP contribution in [0.15, 0.2) is 42.5 Å². The number of hydrogen-bond donors (Lipinski definition) is 4. The van der Waals surface area contributed by atoms with E-state index in [1.54, 1.807) is 24.3 Å². The van der Waals surface area contributed by atoms with Crippen LogP contribution in [0.5, 0.6) is 0 Å². The van der Waals surface area contributed by atoms with Crippen molar-refractivity contribution in [2.75, 3.05) is 16.8 Å². The molecule has 0 aliphatic heterocycles. The van der Waals surface area contributed by atoms with Gasteiger partial charge in [0.25, 0.3) is 5.91 Å². The molecule has 2 aromatic rings. The smallest absolute Gasteiger partial charge is 0.337 e. The van der Waals surface area contributed by atoms with Crippen LogP contribution in [0.4, 0.5) is 17.1 Å². The lowest BCUT2D eigenvalue weighted by molar-refractivity contribution is 0.0698. The van der Waals surface area contributed by atoms with Crippen molar-refractivity contribution in [2.24, 2.45) is 0 Å². The Morgan fingerprint density at radius 3 is 2.45 bits per heavy atom. The first-order valence-electron chi connectivity index (χ1n) is 5.77. The van der Waals surface area contributed by atoms with Crippen LogP contribution in [0.25, 0.3) is 0 Å². The minimum absolute atomic E-state index is 0.106. The maximum absolute atomic E-state index is 12.0. The molecule has 0 fully saturated rings. The number of carbonyl (C=O) groups is 2. The Morgan fingerprint density at radius 1 is 1.05 bits per heavy atom. The minimum atomic E-state index is -1.18. The Kier molecular flexibility index (Phi) is 3.56. The van der Waals surface area contributed by atoms with Crippen molar-refractivity contribution in [2.45, 2.75) is 0 Å². The van der Waals surface area contributed by atoms with Gasteiger partial charge in [0.15, 0.2) is 0 Å². The van der Waals surface area contributed by atoms with Gasteiger partial charge in [-0.2, -0.15) is 0 Å². The number of hydrogen-bond acceptors (Lipinski definition) is 4. The van der Waals surface area contributed by atoms with Crippen molar-refractivity contribution in [3.63, 3.8) is 0 Å². The largest absolute Gasteiger partial charge is 0.478 e. The second kappa shape index (κ2) is 5.31. The van der Waals surface area contributed by atoms with Crippen molar-refractivity contribution in [3.8, 4) is 0 Å². The number of nitrogens with one attached hydrogen (secondary N) is 1. The maximum atomic E-state index is 12.0. The third kappa shape index (κ3) is 2.86. The average Bonchev–Trinajstić information content (AvgIpc) is 2.38. The lowest BCUT2D eigenvalue weighted by Gasteiger charge is -2.07. The Labute approximate surface area is 115 Å². The van der Waals surface area contributed by atoms with Crippen molar-refractivity contribution in [3.05, 3.63) is 53.6 Å². The molecule has 6 heteroatoms. The Morgan fingerprint density at radius 2 is 1.80 bits per heavy atom. The van der Waals surface area contributed by atoms with Gasteiger partial charge in [-0.15, -0.1) is 0 Å². The number of carboxylic acids is 1. The number of rotatable bonds is 3. The fraction of sp³-hybridized carbons (Fsp3) is 0. The second-order valence-corrected chi connectivity index (χ2v) is 4.19. The van der Waals surface area contributed by atoms with Gasteiger partial charge < -0.3 is 21.9 Å². The summed E-state index contributed by atoms with van der Waals surface area (Å²) >= 11 is 0. The summed E-state index contributed by atoms with van der Waals surface area (Å²) in [5.41, 5.74) is 12.4. The summed E-state index contributed by atoms with van der Waals surface area (Å²) in [7, 11) is 0. The number of benzene rings is 2. The predicted octanol–water partition coefficient (Wildman–Crippen LogP) is 1.80. The summed E-state index contributed by atoms with van der Waals surface area (Å²) in [4.78, 5) is 23.0. The van der Waals surface area contributed by atoms with Gasteiger partial charge in [0, 0.05) is 22.6 Å². The number of carboxylic acid groups (broad SMARTS) is 1. The monoisotopic (exact) mass is 271 g/mol. The molecule has 0 saturated carbocycles. The first kappa shape index (κ1) is 13.4. The van der Waals surface area contributed by atoms with E-state index in [1.165, 1.54) is 18.2 Å². The normalized spacial score (nSPS) is 10.0. The zero-order chi connectivity index (χ0) is 14.7. The van der Waals surface area contributed by atoms with E-state index in [-0.39, 0.29) is 16.8 Å². The molecular formula is C14H13N3O3. The molecule has 0 radical (unpaired) electrons. The highest BCUT2D eigenvalue weighted by molar-refractivity contribution is 6.06. The summed E-state index contributed by atoms with van der Waals surface area (Å²) < 4.78 is 0. The second-order valence-electron chi connectivity index (χ2n) is 4.19. The van der Waals surface area contributed by atoms with Gasteiger partial charge in [0.1, 0.15) is 0 Å². The molecule has 6 N–H and O–H groups in total. The van der Waals surface area contributed by atoms with E-state index in [0.29, 0.717) is 11.4 Å². The summed E-state index contributed by atoms with van der Waals surface area (Å²) in [6.45, 7) is 0. The van der Waals surface area contributed by atoms with Crippen LogP contribution >= 0.6 is 0 Å². The highest BCUT2D eigenvalue weighted by Gasteiger charge is 2.13. The molecule has 0 heterocycles. The van der Waals surface area contributed by atoms with Crippen LogP contribution < -0.4 is 16.8 Å². The lowest BCUT2D eigenvalue weighted by Crippen LogP contribution is -2.13. The van der Waals surface area contributed by atoms with Crippen LogP contribution in [0.2, 0.25) is 0 Å². The average molecular weight is 271 g/mol. The van der Waals surface area contributed by atoms with Gasteiger partial charge in [-0.05, 0) is 36.4 Å². The van der Waals surface area contributed by atoms with Crippen molar-refractivity contribution < 1.29 is 14.7 Å². The Balaban J connectivity index is 2.26. The first-order valence-corrected chi connectivity index (χ1v) is 5.77. The molecule has 0 aromatic heterocycles. The summed E-state index contributed by atoms with van der Waals surface area (Å²) in [6, 6.07) is 10.8. The van der Waals surface area contributed by atoms with E-state index in [1.807, 2.05) is 0 Å². The van der Waals surface area contributed by atoms with Crippen LogP contribution in [-0.2, 0) is 0 Å². The van der Waals surface area contributed by atoms with Gasteiger partial charge >= 0.3 is 5.97 Å². The zero-order valence-corrected chi connectivity index (χ0v) is 10.5. The summed E-state index contributed by atoms with van der Waals surface area (Å²) in [5, 5.41) is 11.6. The third-order valence-corrected chi connectivity index (χ3v) is 2.69. The van der Waals surface area contributed by atoms with Crippen LogP contribution in [0, 0.1) is 0 Å². The number of nitrogens with two attached hydrogens (primary N) is 2. The van der Waals surface area contributed by atoms with E-state index in [2.05, 4.69) is 5.32 Å². The first-order chi connectivity index (χ1) is 9.47. The molecular weight excluding hydrogens is 258 g/mol. The molecule has 2 rings (SSSR count). The molecule has 1 amide bonds. The third-order valence-electron chi connectivity index (χ3n) is 2.69. The molecule has 0 atom stereocenters. The van der Waals surface area contributed by atoms with Crippen molar-refractivity contribution >= 4 is 28.9 Å². The van der Waals surface area contributed by atoms with E-state index < -0.39 is 11.9 Å². The highest BCUT2D eigenvalue weighted by atomic mass is 16.4. The predicted molar refractivity (Wildman–Crippen MR) is 76.6 cm³/mol. The molecule has 6 nitrogen and oxygen atoms in total. The highest BCUT2D eigenvalue weighted by Crippen LogP contribution is 2.17. The van der Waals surface area contributed by atoms with E-state index in [0.717, 1.165) is 0 Å². The van der Waals surface area contributed by atoms with Gasteiger partial charge in [-0.3, -0.25) is 4.79 Å². The van der Waals surface area contributed by atoms with Crippen molar-refractivity contribution in [1.29, 1.82) is 0 Å². The van der Waals surface area contributed by atoms with Crippen LogP contribution in [-0.4, -0.2) is 17.0 Å². The molecule has 0 aliphatic carbocycles. The fourth-order valence-electron chi connectivity index (χ4n) is 1.70. The maximum Gasteiger partial charge on any atom is 0.337 e. The Hall–Kier alpha value is -3.02. The molecule has 20 heavy (non-hydrogen) atoms. The quantitative estimate of drug-likeness (QED) is 0.635. The number of aromatic carboxylic acids is 1. The van der Waals surface area contributed by atoms with E-state index >= 15 is 0 Å². The number of anilines is 3. The zero-order valence-electron chi connectivity index (χ0n) is 10.5. The number of carbonyl (C=O) groups excluding carboxylic acids is 1. The minimum Gasteiger partial charge on any atom is -0.478 e.